The van der Waals surface area contributed by atoms with Crippen LogP contribution in [0.1, 0.15) is 44.1 Å². The molecule has 0 N–H and O–H groups in total. The second kappa shape index (κ2) is 5.93. The number of rotatable bonds is 2. The Balaban J connectivity index is 2.03. The van der Waals surface area contributed by atoms with Gasteiger partial charge in [-0.25, -0.2) is 0 Å². The molecule has 0 aromatic heterocycles. The Kier molecular flexibility index (Phi) is 4.28. The lowest BCUT2D eigenvalue weighted by molar-refractivity contribution is 0.184. The topological polar surface area (TPSA) is 33.0 Å². The molecule has 1 aliphatic carbocycles. The van der Waals surface area contributed by atoms with Crippen LogP contribution in [0.5, 0.6) is 5.75 Å². The van der Waals surface area contributed by atoms with E-state index in [0.717, 1.165) is 18.6 Å². The number of nitrogens with zero attached hydrogens (tertiary/aromatic N) is 1. The molecule has 17 heavy (non-hydrogen) atoms. The van der Waals surface area contributed by atoms with Crippen molar-refractivity contribution in [1.82, 2.24) is 0 Å². The van der Waals surface area contributed by atoms with E-state index in [2.05, 4.69) is 0 Å². The smallest absolute Gasteiger partial charge is 0.121 e. The van der Waals surface area contributed by atoms with E-state index in [1.54, 1.807) is 12.1 Å². The summed E-state index contributed by atoms with van der Waals surface area (Å²) in [6.07, 6.45) is 7.67. The quantitative estimate of drug-likeness (QED) is 0.732. The number of hydrogen-bond donors (Lipinski definition) is 0. The van der Waals surface area contributed by atoms with Gasteiger partial charge in [0.1, 0.15) is 11.8 Å². The van der Waals surface area contributed by atoms with Crippen LogP contribution >= 0.6 is 11.6 Å². The van der Waals surface area contributed by atoms with Gasteiger partial charge in [0.25, 0.3) is 0 Å². The van der Waals surface area contributed by atoms with E-state index in [1.165, 1.54) is 25.7 Å². The summed E-state index contributed by atoms with van der Waals surface area (Å²) < 4.78 is 5.92. The molecule has 90 valence electrons. The zero-order chi connectivity index (χ0) is 12.1. The van der Waals surface area contributed by atoms with Crippen LogP contribution in [0.3, 0.4) is 0 Å². The van der Waals surface area contributed by atoms with Crippen LogP contribution in [0.2, 0.25) is 5.02 Å². The molecule has 0 radical (unpaired) electrons. The number of nitriles is 1. The summed E-state index contributed by atoms with van der Waals surface area (Å²) in [6.45, 7) is 0. The molecule has 1 aromatic rings. The van der Waals surface area contributed by atoms with Crippen molar-refractivity contribution in [2.45, 2.75) is 44.6 Å². The molecule has 1 aliphatic rings. The van der Waals surface area contributed by atoms with Gasteiger partial charge in [0.15, 0.2) is 0 Å². The summed E-state index contributed by atoms with van der Waals surface area (Å²) in [7, 11) is 0. The Morgan fingerprint density at radius 1 is 1.18 bits per heavy atom. The van der Waals surface area contributed by atoms with Crippen LogP contribution in [0.15, 0.2) is 18.2 Å². The highest BCUT2D eigenvalue weighted by Crippen LogP contribution is 2.26. The molecule has 1 saturated carbocycles. The molecule has 0 amide bonds. The van der Waals surface area contributed by atoms with Crippen LogP contribution in [-0.2, 0) is 0 Å². The largest absolute Gasteiger partial charge is 0.490 e. The number of ether oxygens (including phenoxy) is 1. The highest BCUT2D eigenvalue weighted by molar-refractivity contribution is 6.31. The van der Waals surface area contributed by atoms with Crippen LogP contribution in [0.4, 0.5) is 0 Å². The van der Waals surface area contributed by atoms with Crippen molar-refractivity contribution in [3.63, 3.8) is 0 Å². The maximum Gasteiger partial charge on any atom is 0.121 e. The Labute approximate surface area is 107 Å². The molecule has 3 heteroatoms. The summed E-state index contributed by atoms with van der Waals surface area (Å²) in [5.41, 5.74) is 0.500. The average Bonchev–Trinajstić information content (AvgIpc) is 2.58. The van der Waals surface area contributed by atoms with Gasteiger partial charge in [0.2, 0.25) is 0 Å². The molecule has 1 fully saturated rings. The van der Waals surface area contributed by atoms with E-state index in [-0.39, 0.29) is 0 Å². The molecule has 0 heterocycles. The first-order valence-corrected chi connectivity index (χ1v) is 6.53. The van der Waals surface area contributed by atoms with Gasteiger partial charge in [-0.15, -0.1) is 0 Å². The van der Waals surface area contributed by atoms with Crippen LogP contribution in [-0.4, -0.2) is 6.10 Å². The van der Waals surface area contributed by atoms with E-state index in [4.69, 9.17) is 21.6 Å². The fourth-order valence-electron chi connectivity index (χ4n) is 2.21. The zero-order valence-corrected chi connectivity index (χ0v) is 10.5. The molecule has 0 saturated heterocycles. The number of benzene rings is 1. The first kappa shape index (κ1) is 12.3. The van der Waals surface area contributed by atoms with Crippen molar-refractivity contribution in [1.29, 1.82) is 5.26 Å². The molecular formula is C14H16ClNO. The molecule has 2 rings (SSSR count). The monoisotopic (exact) mass is 249 g/mol. The van der Waals surface area contributed by atoms with Crippen molar-refractivity contribution >= 4 is 11.6 Å². The normalized spacial score (nSPS) is 17.2. The van der Waals surface area contributed by atoms with E-state index in [1.807, 2.05) is 12.1 Å². The number of hydrogen-bond acceptors (Lipinski definition) is 2. The van der Waals surface area contributed by atoms with Gasteiger partial charge < -0.3 is 4.74 Å². The summed E-state index contributed by atoms with van der Waals surface area (Å²) in [5, 5.41) is 9.26. The second-order valence-corrected chi connectivity index (χ2v) is 4.89. The molecular weight excluding hydrogens is 234 g/mol. The van der Waals surface area contributed by atoms with Gasteiger partial charge in [0.05, 0.1) is 16.7 Å². The van der Waals surface area contributed by atoms with Crippen LogP contribution in [0.25, 0.3) is 0 Å². The predicted octanol–water partition coefficient (Wildman–Crippen LogP) is 4.31. The fraction of sp³-hybridized carbons (Fsp3) is 0.500. The molecule has 0 unspecified atom stereocenters. The zero-order valence-electron chi connectivity index (χ0n) is 9.79. The number of halogens is 1. The minimum Gasteiger partial charge on any atom is -0.490 e. The lowest BCUT2D eigenvalue weighted by Gasteiger charge is -2.17. The second-order valence-electron chi connectivity index (χ2n) is 4.48. The lowest BCUT2D eigenvalue weighted by atomic mass is 10.1. The molecule has 0 bridgehead atoms. The molecule has 0 atom stereocenters. The first-order chi connectivity index (χ1) is 8.29. The predicted molar refractivity (Wildman–Crippen MR) is 68.3 cm³/mol. The third-order valence-corrected chi connectivity index (χ3v) is 3.48. The van der Waals surface area contributed by atoms with Crippen molar-refractivity contribution in [3.8, 4) is 11.8 Å². The van der Waals surface area contributed by atoms with Gasteiger partial charge in [-0.1, -0.05) is 24.4 Å². The van der Waals surface area contributed by atoms with E-state index in [9.17, 15) is 0 Å². The van der Waals surface area contributed by atoms with Crippen molar-refractivity contribution < 1.29 is 4.74 Å². The SMILES string of the molecule is N#Cc1ccc(OC2CCCCCC2)cc1Cl. The minimum absolute atomic E-state index is 0.307. The molecule has 2 nitrogen and oxygen atoms in total. The van der Waals surface area contributed by atoms with Gasteiger partial charge in [-0.3, -0.25) is 0 Å². The Hall–Kier alpha value is -1.20. The van der Waals surface area contributed by atoms with E-state index < -0.39 is 0 Å². The standard InChI is InChI=1S/C14H16ClNO/c15-14-9-13(8-7-11(14)10-16)17-12-5-3-1-2-4-6-12/h7-9,12H,1-6H2. The molecule has 1 aromatic carbocycles. The van der Waals surface area contributed by atoms with Crippen LogP contribution < -0.4 is 4.74 Å². The maximum atomic E-state index is 8.79. The Bertz CT molecular complexity index is 417. The first-order valence-electron chi connectivity index (χ1n) is 6.16. The van der Waals surface area contributed by atoms with Gasteiger partial charge >= 0.3 is 0 Å². The third-order valence-electron chi connectivity index (χ3n) is 3.17. The van der Waals surface area contributed by atoms with Gasteiger partial charge in [-0.2, -0.15) is 5.26 Å². The molecule has 0 spiro atoms. The fourth-order valence-corrected chi connectivity index (χ4v) is 2.42. The summed E-state index contributed by atoms with van der Waals surface area (Å²) >= 11 is 5.98. The maximum absolute atomic E-state index is 8.79. The highest BCUT2D eigenvalue weighted by atomic mass is 35.5. The van der Waals surface area contributed by atoms with Crippen molar-refractivity contribution in [3.05, 3.63) is 28.8 Å². The van der Waals surface area contributed by atoms with Crippen molar-refractivity contribution in [2.75, 3.05) is 0 Å². The summed E-state index contributed by atoms with van der Waals surface area (Å²) in [4.78, 5) is 0. The molecule has 0 aliphatic heterocycles. The van der Waals surface area contributed by atoms with E-state index in [0.29, 0.717) is 16.7 Å². The van der Waals surface area contributed by atoms with Gasteiger partial charge in [0, 0.05) is 6.07 Å². The van der Waals surface area contributed by atoms with Crippen LogP contribution in [0, 0.1) is 11.3 Å². The Morgan fingerprint density at radius 3 is 2.47 bits per heavy atom. The summed E-state index contributed by atoms with van der Waals surface area (Å²) in [6, 6.07) is 7.33. The Morgan fingerprint density at radius 2 is 1.88 bits per heavy atom. The highest BCUT2D eigenvalue weighted by Gasteiger charge is 2.14. The lowest BCUT2D eigenvalue weighted by Crippen LogP contribution is -2.14. The minimum atomic E-state index is 0.307. The summed E-state index contributed by atoms with van der Waals surface area (Å²) in [5.74, 6) is 0.779. The van der Waals surface area contributed by atoms with Crippen molar-refractivity contribution in [2.24, 2.45) is 0 Å². The van der Waals surface area contributed by atoms with E-state index >= 15 is 0 Å². The average molecular weight is 250 g/mol. The third kappa shape index (κ3) is 3.38. The van der Waals surface area contributed by atoms with Gasteiger partial charge in [-0.05, 0) is 37.8 Å².